The number of aliphatic hydroxyl groups is 2. The van der Waals surface area contributed by atoms with Gasteiger partial charge in [-0.25, -0.2) is 0 Å². The van der Waals surface area contributed by atoms with Crippen molar-refractivity contribution in [2.45, 2.75) is 46.3 Å². The second kappa shape index (κ2) is 6.36. The maximum absolute atomic E-state index is 11.9. The van der Waals surface area contributed by atoms with Crippen molar-refractivity contribution >= 4 is 5.97 Å². The Balaban J connectivity index is 2.59. The topological polar surface area (TPSA) is 66.8 Å². The highest BCUT2D eigenvalue weighted by molar-refractivity contribution is 5.73. The van der Waals surface area contributed by atoms with Gasteiger partial charge in [-0.2, -0.15) is 0 Å². The van der Waals surface area contributed by atoms with E-state index in [0.717, 1.165) is 19.3 Å². The lowest BCUT2D eigenvalue weighted by atomic mass is 9.70. The first-order valence-corrected chi connectivity index (χ1v) is 6.44. The van der Waals surface area contributed by atoms with Crippen LogP contribution in [0.3, 0.4) is 0 Å². The Morgan fingerprint density at radius 2 is 2.00 bits per heavy atom. The third-order valence-electron chi connectivity index (χ3n) is 3.70. The Morgan fingerprint density at radius 3 is 2.53 bits per heavy atom. The molecular weight excluding hydrogens is 220 g/mol. The van der Waals surface area contributed by atoms with Gasteiger partial charge in [-0.1, -0.05) is 27.2 Å². The summed E-state index contributed by atoms with van der Waals surface area (Å²) in [6.45, 7) is 6.08. The smallest absolute Gasteiger partial charge is 0.309 e. The molecule has 0 radical (unpaired) electrons. The van der Waals surface area contributed by atoms with E-state index in [2.05, 4.69) is 20.8 Å². The molecule has 0 aromatic carbocycles. The van der Waals surface area contributed by atoms with Gasteiger partial charge in [0.1, 0.15) is 6.61 Å². The highest BCUT2D eigenvalue weighted by Crippen LogP contribution is 2.38. The van der Waals surface area contributed by atoms with Gasteiger partial charge >= 0.3 is 5.97 Å². The molecule has 17 heavy (non-hydrogen) atoms. The molecule has 1 rings (SSSR count). The van der Waals surface area contributed by atoms with Crippen molar-refractivity contribution < 1.29 is 19.7 Å². The Hall–Kier alpha value is -0.610. The lowest BCUT2D eigenvalue weighted by Gasteiger charge is -2.35. The predicted octanol–water partition coefficient (Wildman–Crippen LogP) is 1.55. The predicted molar refractivity (Wildman–Crippen MR) is 64.0 cm³/mol. The van der Waals surface area contributed by atoms with E-state index < -0.39 is 6.29 Å². The van der Waals surface area contributed by atoms with Crippen molar-refractivity contribution in [2.75, 3.05) is 6.61 Å². The fourth-order valence-electron chi connectivity index (χ4n) is 2.74. The van der Waals surface area contributed by atoms with Gasteiger partial charge in [-0.05, 0) is 30.6 Å². The molecule has 0 aromatic rings. The number of carbonyl (C=O) groups is 1. The summed E-state index contributed by atoms with van der Waals surface area (Å²) >= 11 is 0. The van der Waals surface area contributed by atoms with E-state index in [1.165, 1.54) is 0 Å². The van der Waals surface area contributed by atoms with E-state index in [0.29, 0.717) is 17.8 Å². The molecule has 1 aliphatic carbocycles. The molecule has 0 unspecified atom stereocenters. The normalized spacial score (nSPS) is 29.7. The molecule has 0 spiro atoms. The Morgan fingerprint density at radius 1 is 1.35 bits per heavy atom. The molecule has 0 aliphatic heterocycles. The van der Waals surface area contributed by atoms with Crippen molar-refractivity contribution in [1.82, 2.24) is 0 Å². The molecular formula is C13H24O4. The van der Waals surface area contributed by atoms with E-state index in [9.17, 15) is 4.79 Å². The van der Waals surface area contributed by atoms with Crippen molar-refractivity contribution in [3.05, 3.63) is 0 Å². The molecule has 1 saturated carbocycles. The van der Waals surface area contributed by atoms with Crippen LogP contribution in [-0.2, 0) is 9.53 Å². The van der Waals surface area contributed by atoms with Gasteiger partial charge in [-0.3, -0.25) is 4.79 Å². The summed E-state index contributed by atoms with van der Waals surface area (Å²) in [7, 11) is 0. The van der Waals surface area contributed by atoms with E-state index in [1.807, 2.05) is 0 Å². The number of hydrogen-bond acceptors (Lipinski definition) is 4. The SMILES string of the molecule is CC(C)[C@@H]1CC[C@@H](C)C[C@@H]1C(=O)OCC(O)O. The van der Waals surface area contributed by atoms with Crippen LogP contribution in [0.5, 0.6) is 0 Å². The number of hydrogen-bond donors (Lipinski definition) is 2. The lowest BCUT2D eigenvalue weighted by molar-refractivity contribution is -0.165. The molecule has 2 N–H and O–H groups in total. The quantitative estimate of drug-likeness (QED) is 0.581. The largest absolute Gasteiger partial charge is 0.460 e. The van der Waals surface area contributed by atoms with Crippen LogP contribution in [0.25, 0.3) is 0 Å². The summed E-state index contributed by atoms with van der Waals surface area (Å²) in [5, 5.41) is 17.4. The number of ether oxygens (including phenoxy) is 1. The maximum atomic E-state index is 11.9. The molecule has 3 atom stereocenters. The van der Waals surface area contributed by atoms with Gasteiger partial charge in [0.25, 0.3) is 0 Å². The van der Waals surface area contributed by atoms with Crippen LogP contribution in [-0.4, -0.2) is 29.1 Å². The Kier molecular flexibility index (Phi) is 5.40. The molecule has 4 nitrogen and oxygen atoms in total. The molecule has 4 heteroatoms. The van der Waals surface area contributed by atoms with E-state index in [4.69, 9.17) is 14.9 Å². The van der Waals surface area contributed by atoms with Crippen LogP contribution < -0.4 is 0 Å². The minimum absolute atomic E-state index is 0.0856. The standard InChI is InChI=1S/C13H24O4/c1-8(2)10-5-4-9(3)6-11(10)13(16)17-7-12(14)15/h8-12,14-15H,4-7H2,1-3H3/t9-,10+,11+/m1/s1. The number of aliphatic hydroxyl groups excluding tert-OH is 1. The summed E-state index contributed by atoms with van der Waals surface area (Å²) in [6.07, 6.45) is 1.50. The lowest BCUT2D eigenvalue weighted by Crippen LogP contribution is -2.35. The average Bonchev–Trinajstić information content (AvgIpc) is 2.25. The summed E-state index contributed by atoms with van der Waals surface area (Å²) in [5.74, 6) is 0.996. The summed E-state index contributed by atoms with van der Waals surface area (Å²) in [6, 6.07) is 0. The second-order valence-corrected chi connectivity index (χ2v) is 5.54. The molecule has 0 heterocycles. The van der Waals surface area contributed by atoms with Gasteiger partial charge in [0.15, 0.2) is 6.29 Å². The minimum atomic E-state index is -1.57. The van der Waals surface area contributed by atoms with Crippen molar-refractivity contribution in [3.63, 3.8) is 0 Å². The third-order valence-corrected chi connectivity index (χ3v) is 3.70. The highest BCUT2D eigenvalue weighted by atomic mass is 16.6. The summed E-state index contributed by atoms with van der Waals surface area (Å²) < 4.78 is 4.93. The molecule has 0 saturated heterocycles. The van der Waals surface area contributed by atoms with Crippen LogP contribution in [0.2, 0.25) is 0 Å². The minimum Gasteiger partial charge on any atom is -0.460 e. The molecule has 0 amide bonds. The first kappa shape index (κ1) is 14.5. The Bertz CT molecular complexity index is 250. The van der Waals surface area contributed by atoms with Gasteiger partial charge in [0, 0.05) is 0 Å². The zero-order chi connectivity index (χ0) is 13.0. The van der Waals surface area contributed by atoms with Crippen LogP contribution in [0.15, 0.2) is 0 Å². The first-order valence-electron chi connectivity index (χ1n) is 6.44. The van der Waals surface area contributed by atoms with E-state index in [1.54, 1.807) is 0 Å². The molecule has 0 aromatic heterocycles. The van der Waals surface area contributed by atoms with Gasteiger partial charge in [0.2, 0.25) is 0 Å². The fraction of sp³-hybridized carbons (Fsp3) is 0.923. The fourth-order valence-corrected chi connectivity index (χ4v) is 2.74. The molecule has 100 valence electrons. The van der Waals surface area contributed by atoms with Gasteiger partial charge < -0.3 is 14.9 Å². The highest BCUT2D eigenvalue weighted by Gasteiger charge is 2.36. The molecule has 1 fully saturated rings. The van der Waals surface area contributed by atoms with Crippen LogP contribution in [0.4, 0.5) is 0 Å². The number of carbonyl (C=O) groups excluding carboxylic acids is 1. The van der Waals surface area contributed by atoms with Crippen molar-refractivity contribution in [2.24, 2.45) is 23.7 Å². The van der Waals surface area contributed by atoms with Crippen LogP contribution in [0, 0.1) is 23.7 Å². The average molecular weight is 244 g/mol. The Labute approximate surface area is 103 Å². The first-order chi connectivity index (χ1) is 7.91. The van der Waals surface area contributed by atoms with Crippen LogP contribution in [0.1, 0.15) is 40.0 Å². The zero-order valence-electron chi connectivity index (χ0n) is 10.9. The third kappa shape index (κ3) is 4.28. The second-order valence-electron chi connectivity index (χ2n) is 5.54. The van der Waals surface area contributed by atoms with E-state index in [-0.39, 0.29) is 18.5 Å². The zero-order valence-corrected chi connectivity index (χ0v) is 10.9. The maximum Gasteiger partial charge on any atom is 0.309 e. The summed E-state index contributed by atoms with van der Waals surface area (Å²) in [4.78, 5) is 11.9. The van der Waals surface area contributed by atoms with Gasteiger partial charge in [-0.15, -0.1) is 0 Å². The van der Waals surface area contributed by atoms with Crippen molar-refractivity contribution in [3.8, 4) is 0 Å². The monoisotopic (exact) mass is 244 g/mol. The molecule has 1 aliphatic rings. The molecule has 0 bridgehead atoms. The number of esters is 1. The summed E-state index contributed by atoms with van der Waals surface area (Å²) in [5.41, 5.74) is 0. The van der Waals surface area contributed by atoms with Gasteiger partial charge in [0.05, 0.1) is 5.92 Å². The van der Waals surface area contributed by atoms with Crippen LogP contribution >= 0.6 is 0 Å². The number of rotatable bonds is 4. The van der Waals surface area contributed by atoms with E-state index >= 15 is 0 Å². The van der Waals surface area contributed by atoms with Crippen molar-refractivity contribution in [1.29, 1.82) is 0 Å².